The Morgan fingerprint density at radius 1 is 1.59 bits per heavy atom. The monoisotopic (exact) mass is 253 g/mol. The van der Waals surface area contributed by atoms with Gasteiger partial charge in [0.1, 0.15) is 0 Å². The molecule has 0 saturated carbocycles. The van der Waals surface area contributed by atoms with E-state index in [2.05, 4.69) is 5.32 Å². The van der Waals surface area contributed by atoms with Gasteiger partial charge in [0.2, 0.25) is 0 Å². The number of thiophene rings is 1. The van der Waals surface area contributed by atoms with Crippen LogP contribution in [0.1, 0.15) is 46.3 Å². The highest BCUT2D eigenvalue weighted by Crippen LogP contribution is 2.30. The summed E-state index contributed by atoms with van der Waals surface area (Å²) in [6.07, 6.45) is 4.70. The molecule has 17 heavy (non-hydrogen) atoms. The first-order valence-electron chi connectivity index (χ1n) is 6.28. The first kappa shape index (κ1) is 12.6. The van der Waals surface area contributed by atoms with Crippen molar-refractivity contribution in [2.45, 2.75) is 45.1 Å². The molecule has 1 heterocycles. The van der Waals surface area contributed by atoms with Crippen molar-refractivity contribution in [1.29, 1.82) is 0 Å². The first-order valence-corrected chi connectivity index (χ1v) is 7.10. The van der Waals surface area contributed by atoms with Crippen LogP contribution in [0.4, 0.5) is 0 Å². The average Bonchev–Trinajstić information content (AvgIpc) is 2.86. The summed E-state index contributed by atoms with van der Waals surface area (Å²) in [4.78, 5) is 14.0. The van der Waals surface area contributed by atoms with Crippen molar-refractivity contribution >= 4 is 17.2 Å². The quantitative estimate of drug-likeness (QED) is 0.844. The molecule has 94 valence electrons. The van der Waals surface area contributed by atoms with Gasteiger partial charge >= 0.3 is 0 Å². The smallest absolute Gasteiger partial charge is 0.261 e. The standard InChI is InChI=1S/C13H19NO2S/c1-2-4-10(15)8-14-13(16)12-7-9-5-3-6-11(9)17-12/h7,10,15H,2-6,8H2,1H3,(H,14,16). The highest BCUT2D eigenvalue weighted by atomic mass is 32.1. The molecule has 0 saturated heterocycles. The van der Waals surface area contributed by atoms with Crippen molar-refractivity contribution in [3.8, 4) is 0 Å². The summed E-state index contributed by atoms with van der Waals surface area (Å²) in [5.74, 6) is -0.0421. The van der Waals surface area contributed by atoms with E-state index < -0.39 is 6.10 Å². The Morgan fingerprint density at radius 2 is 2.41 bits per heavy atom. The second-order valence-corrected chi connectivity index (χ2v) is 5.70. The molecule has 1 aliphatic carbocycles. The lowest BCUT2D eigenvalue weighted by Crippen LogP contribution is -2.31. The highest BCUT2D eigenvalue weighted by Gasteiger charge is 2.18. The van der Waals surface area contributed by atoms with Crippen LogP contribution in [-0.4, -0.2) is 23.7 Å². The molecule has 1 atom stereocenters. The van der Waals surface area contributed by atoms with E-state index >= 15 is 0 Å². The second-order valence-electron chi connectivity index (χ2n) is 4.57. The number of carbonyl (C=O) groups is 1. The van der Waals surface area contributed by atoms with Crippen LogP contribution < -0.4 is 5.32 Å². The van der Waals surface area contributed by atoms with E-state index in [1.54, 1.807) is 11.3 Å². The van der Waals surface area contributed by atoms with E-state index in [9.17, 15) is 9.90 Å². The van der Waals surface area contributed by atoms with Crippen LogP contribution in [0.3, 0.4) is 0 Å². The molecular formula is C13H19NO2S. The summed E-state index contributed by atoms with van der Waals surface area (Å²) < 4.78 is 0. The van der Waals surface area contributed by atoms with Crippen LogP contribution in [0.2, 0.25) is 0 Å². The third-order valence-corrected chi connectivity index (χ3v) is 4.33. The van der Waals surface area contributed by atoms with Gasteiger partial charge in [-0.2, -0.15) is 0 Å². The number of hydrogen-bond acceptors (Lipinski definition) is 3. The number of rotatable bonds is 5. The Labute approximate surface area is 106 Å². The number of fused-ring (bicyclic) bond motifs is 1. The summed E-state index contributed by atoms with van der Waals surface area (Å²) in [6.45, 7) is 2.38. The van der Waals surface area contributed by atoms with Crippen LogP contribution in [0.5, 0.6) is 0 Å². The molecule has 0 fully saturated rings. The van der Waals surface area contributed by atoms with E-state index in [1.807, 2.05) is 13.0 Å². The zero-order chi connectivity index (χ0) is 12.3. The van der Waals surface area contributed by atoms with Gasteiger partial charge in [0.25, 0.3) is 5.91 Å². The highest BCUT2D eigenvalue weighted by molar-refractivity contribution is 7.14. The fraction of sp³-hybridized carbons (Fsp3) is 0.615. The third kappa shape index (κ3) is 3.07. The molecule has 0 radical (unpaired) electrons. The molecule has 1 aromatic rings. The molecule has 4 heteroatoms. The predicted octanol–water partition coefficient (Wildman–Crippen LogP) is 2.13. The maximum Gasteiger partial charge on any atom is 0.261 e. The summed E-state index contributed by atoms with van der Waals surface area (Å²) in [5, 5.41) is 12.3. The Kier molecular flexibility index (Phi) is 4.18. The Hall–Kier alpha value is -0.870. The number of hydrogen-bond donors (Lipinski definition) is 2. The molecule has 2 N–H and O–H groups in total. The van der Waals surface area contributed by atoms with E-state index in [0.29, 0.717) is 6.54 Å². The summed E-state index contributed by atoms with van der Waals surface area (Å²) in [6, 6.07) is 2.01. The zero-order valence-corrected chi connectivity index (χ0v) is 11.0. The fourth-order valence-corrected chi connectivity index (χ4v) is 3.34. The molecule has 0 aliphatic heterocycles. The lowest BCUT2D eigenvalue weighted by atomic mass is 10.2. The molecule has 1 unspecified atom stereocenters. The second kappa shape index (κ2) is 5.65. The number of nitrogens with one attached hydrogen (secondary N) is 1. The number of aryl methyl sites for hydroxylation is 2. The van der Waals surface area contributed by atoms with E-state index in [0.717, 1.165) is 30.6 Å². The normalized spacial score (nSPS) is 15.6. The molecule has 0 spiro atoms. The van der Waals surface area contributed by atoms with Gasteiger partial charge in [-0.15, -0.1) is 11.3 Å². The fourth-order valence-electron chi connectivity index (χ4n) is 2.17. The van der Waals surface area contributed by atoms with Crippen LogP contribution in [0.15, 0.2) is 6.07 Å². The van der Waals surface area contributed by atoms with Gasteiger partial charge < -0.3 is 10.4 Å². The van der Waals surface area contributed by atoms with Crippen LogP contribution in [0, 0.1) is 0 Å². The minimum absolute atomic E-state index is 0.0421. The minimum atomic E-state index is -0.421. The van der Waals surface area contributed by atoms with Gasteiger partial charge in [-0.05, 0) is 37.3 Å². The SMILES string of the molecule is CCCC(O)CNC(=O)c1cc2c(s1)CCC2. The minimum Gasteiger partial charge on any atom is -0.391 e. The van der Waals surface area contributed by atoms with Crippen LogP contribution in [0.25, 0.3) is 0 Å². The summed E-state index contributed by atoms with van der Waals surface area (Å²) in [5.41, 5.74) is 1.34. The topological polar surface area (TPSA) is 49.3 Å². The van der Waals surface area contributed by atoms with E-state index in [-0.39, 0.29) is 5.91 Å². The number of aliphatic hydroxyl groups is 1. The Balaban J connectivity index is 1.87. The van der Waals surface area contributed by atoms with Gasteiger partial charge in [-0.25, -0.2) is 0 Å². The van der Waals surface area contributed by atoms with Crippen molar-refractivity contribution in [3.63, 3.8) is 0 Å². The predicted molar refractivity (Wildman–Crippen MR) is 69.6 cm³/mol. The Morgan fingerprint density at radius 3 is 3.12 bits per heavy atom. The maximum absolute atomic E-state index is 11.8. The molecule has 0 aromatic carbocycles. The van der Waals surface area contributed by atoms with E-state index in [1.165, 1.54) is 16.9 Å². The van der Waals surface area contributed by atoms with Gasteiger partial charge in [-0.3, -0.25) is 4.79 Å². The van der Waals surface area contributed by atoms with Crippen molar-refractivity contribution in [1.82, 2.24) is 5.32 Å². The van der Waals surface area contributed by atoms with Gasteiger partial charge in [0, 0.05) is 11.4 Å². The summed E-state index contributed by atoms with van der Waals surface area (Å²) in [7, 11) is 0. The Bertz CT molecular complexity index is 379. The largest absolute Gasteiger partial charge is 0.391 e. The molecule has 1 aromatic heterocycles. The number of aliphatic hydroxyl groups excluding tert-OH is 1. The number of amides is 1. The maximum atomic E-state index is 11.8. The van der Waals surface area contributed by atoms with Crippen LogP contribution in [-0.2, 0) is 12.8 Å². The lowest BCUT2D eigenvalue weighted by molar-refractivity contribution is 0.0914. The van der Waals surface area contributed by atoms with Crippen molar-refractivity contribution in [3.05, 3.63) is 21.4 Å². The molecule has 2 rings (SSSR count). The van der Waals surface area contributed by atoms with E-state index in [4.69, 9.17) is 0 Å². The van der Waals surface area contributed by atoms with Crippen LogP contribution >= 0.6 is 11.3 Å². The van der Waals surface area contributed by atoms with Gasteiger partial charge in [0.15, 0.2) is 0 Å². The summed E-state index contributed by atoms with van der Waals surface area (Å²) >= 11 is 1.60. The van der Waals surface area contributed by atoms with Crippen molar-refractivity contribution in [2.75, 3.05) is 6.54 Å². The third-order valence-electron chi connectivity index (χ3n) is 3.09. The molecule has 1 aliphatic rings. The molecule has 1 amide bonds. The molecule has 3 nitrogen and oxygen atoms in total. The zero-order valence-electron chi connectivity index (χ0n) is 10.2. The molecule has 0 bridgehead atoms. The van der Waals surface area contributed by atoms with Gasteiger partial charge in [0.05, 0.1) is 11.0 Å². The molecular weight excluding hydrogens is 234 g/mol. The van der Waals surface area contributed by atoms with Gasteiger partial charge in [-0.1, -0.05) is 13.3 Å². The first-order chi connectivity index (χ1) is 8.20. The average molecular weight is 253 g/mol. The van der Waals surface area contributed by atoms with Crippen molar-refractivity contribution < 1.29 is 9.90 Å². The number of carbonyl (C=O) groups excluding carboxylic acids is 1. The lowest BCUT2D eigenvalue weighted by Gasteiger charge is -2.09. The van der Waals surface area contributed by atoms with Crippen molar-refractivity contribution in [2.24, 2.45) is 0 Å².